The van der Waals surface area contributed by atoms with Crippen LogP contribution in [0.2, 0.25) is 0 Å². The Kier molecular flexibility index (Phi) is 12.8. The summed E-state index contributed by atoms with van der Waals surface area (Å²) in [6, 6.07) is 0. The second-order valence-electron chi connectivity index (χ2n) is 5.97. The molecule has 126 valence electrons. The van der Waals surface area contributed by atoms with Crippen LogP contribution in [0.3, 0.4) is 0 Å². The topological polar surface area (TPSA) is 74.8 Å². The number of aliphatic imine (C=N–C) groups is 1. The number of alkyl carbamates (subject to hydrolysis) is 1. The third-order valence-corrected chi connectivity index (χ3v) is 2.04. The molecule has 0 heterocycles. The van der Waals surface area contributed by atoms with E-state index in [9.17, 15) is 4.79 Å². The van der Waals surface area contributed by atoms with E-state index in [0.29, 0.717) is 19.0 Å². The van der Waals surface area contributed by atoms with Gasteiger partial charge in [0.1, 0.15) is 5.60 Å². The van der Waals surface area contributed by atoms with Gasteiger partial charge in [0.15, 0.2) is 5.96 Å². The van der Waals surface area contributed by atoms with E-state index in [0.717, 1.165) is 19.0 Å². The van der Waals surface area contributed by atoms with Crippen molar-refractivity contribution in [3.8, 4) is 0 Å². The van der Waals surface area contributed by atoms with Gasteiger partial charge in [0.25, 0.3) is 0 Å². The molecule has 0 saturated heterocycles. The first-order valence-electron chi connectivity index (χ1n) is 7.23. The van der Waals surface area contributed by atoms with Crippen LogP contribution in [-0.4, -0.2) is 43.8 Å². The van der Waals surface area contributed by atoms with E-state index < -0.39 is 11.7 Å². The summed E-state index contributed by atoms with van der Waals surface area (Å²) < 4.78 is 5.15. The highest BCUT2D eigenvalue weighted by Crippen LogP contribution is 2.05. The molecule has 6 nitrogen and oxygen atoms in total. The molecule has 0 fully saturated rings. The zero-order valence-corrected chi connectivity index (χ0v) is 16.4. The molecule has 0 radical (unpaired) electrons. The molecular formula is C14H31IN4O2. The van der Waals surface area contributed by atoms with E-state index in [1.54, 1.807) is 0 Å². The van der Waals surface area contributed by atoms with Gasteiger partial charge < -0.3 is 20.7 Å². The molecule has 21 heavy (non-hydrogen) atoms. The van der Waals surface area contributed by atoms with Crippen molar-refractivity contribution in [2.24, 2.45) is 10.9 Å². The zero-order valence-electron chi connectivity index (χ0n) is 14.1. The minimum Gasteiger partial charge on any atom is -0.444 e. The van der Waals surface area contributed by atoms with Crippen LogP contribution in [0.25, 0.3) is 0 Å². The van der Waals surface area contributed by atoms with Crippen LogP contribution in [0.15, 0.2) is 4.99 Å². The summed E-state index contributed by atoms with van der Waals surface area (Å²) >= 11 is 0. The van der Waals surface area contributed by atoms with Gasteiger partial charge >= 0.3 is 6.09 Å². The van der Waals surface area contributed by atoms with Gasteiger partial charge in [0.2, 0.25) is 0 Å². The molecule has 0 aliphatic rings. The Balaban J connectivity index is 0. The lowest BCUT2D eigenvalue weighted by Gasteiger charge is -2.20. The first kappa shape index (κ1) is 22.5. The number of nitrogens with one attached hydrogen (secondary N) is 3. The number of hydrogen-bond donors (Lipinski definition) is 3. The normalized spacial score (nSPS) is 11.7. The Hall–Kier alpha value is -0.730. The predicted octanol–water partition coefficient (Wildman–Crippen LogP) is 2.34. The highest BCUT2D eigenvalue weighted by molar-refractivity contribution is 14.0. The van der Waals surface area contributed by atoms with Crippen molar-refractivity contribution in [3.63, 3.8) is 0 Å². The van der Waals surface area contributed by atoms with Crippen LogP contribution in [0.4, 0.5) is 4.79 Å². The lowest BCUT2D eigenvalue weighted by atomic mass is 10.2. The molecule has 7 heteroatoms. The Bertz CT molecular complexity index is 315. The lowest BCUT2D eigenvalue weighted by molar-refractivity contribution is 0.0529. The predicted molar refractivity (Wildman–Crippen MR) is 98.5 cm³/mol. The molecule has 0 spiro atoms. The first-order chi connectivity index (χ1) is 9.24. The fourth-order valence-electron chi connectivity index (χ4n) is 1.28. The molecule has 3 N–H and O–H groups in total. The summed E-state index contributed by atoms with van der Waals surface area (Å²) in [6.07, 6.45) is -0.400. The molecule has 0 aliphatic heterocycles. The number of carbonyl (C=O) groups excluding carboxylic acids is 1. The largest absolute Gasteiger partial charge is 0.444 e. The fourth-order valence-corrected chi connectivity index (χ4v) is 1.28. The number of nitrogens with zero attached hydrogens (tertiary/aromatic N) is 1. The van der Waals surface area contributed by atoms with Crippen LogP contribution in [0.1, 0.15) is 41.5 Å². The summed E-state index contributed by atoms with van der Waals surface area (Å²) in [5.41, 5.74) is -0.467. The van der Waals surface area contributed by atoms with Gasteiger partial charge in [0, 0.05) is 26.2 Å². The Morgan fingerprint density at radius 1 is 1.14 bits per heavy atom. The number of carbonyl (C=O) groups is 1. The van der Waals surface area contributed by atoms with Crippen LogP contribution < -0.4 is 16.0 Å². The smallest absolute Gasteiger partial charge is 0.407 e. The van der Waals surface area contributed by atoms with Crippen molar-refractivity contribution in [1.29, 1.82) is 0 Å². The van der Waals surface area contributed by atoms with E-state index in [2.05, 4.69) is 34.8 Å². The van der Waals surface area contributed by atoms with Crippen LogP contribution in [-0.2, 0) is 4.74 Å². The van der Waals surface area contributed by atoms with Crippen molar-refractivity contribution < 1.29 is 9.53 Å². The van der Waals surface area contributed by atoms with Gasteiger partial charge in [-0.15, -0.1) is 24.0 Å². The Morgan fingerprint density at radius 3 is 2.19 bits per heavy atom. The molecule has 0 atom stereocenters. The van der Waals surface area contributed by atoms with Gasteiger partial charge in [0.05, 0.1) is 0 Å². The number of ether oxygens (including phenoxy) is 1. The maximum absolute atomic E-state index is 11.4. The molecule has 0 bridgehead atoms. The summed E-state index contributed by atoms with van der Waals surface area (Å²) in [4.78, 5) is 15.9. The van der Waals surface area contributed by atoms with Crippen molar-refractivity contribution in [2.75, 3.05) is 26.2 Å². The number of hydrogen-bond acceptors (Lipinski definition) is 3. The summed E-state index contributed by atoms with van der Waals surface area (Å²) in [5, 5.41) is 9.02. The maximum atomic E-state index is 11.4. The van der Waals surface area contributed by atoms with Crippen molar-refractivity contribution in [1.82, 2.24) is 16.0 Å². The summed E-state index contributed by atoms with van der Waals surface area (Å²) in [7, 11) is 0. The quantitative estimate of drug-likeness (QED) is 0.270. The molecule has 0 aromatic carbocycles. The lowest BCUT2D eigenvalue weighted by Crippen LogP contribution is -2.42. The number of rotatable bonds is 6. The van der Waals surface area contributed by atoms with E-state index in [1.807, 2.05) is 27.7 Å². The monoisotopic (exact) mass is 414 g/mol. The van der Waals surface area contributed by atoms with Crippen LogP contribution in [0, 0.1) is 5.92 Å². The van der Waals surface area contributed by atoms with E-state index in [-0.39, 0.29) is 24.0 Å². The second kappa shape index (κ2) is 11.9. The van der Waals surface area contributed by atoms with E-state index >= 15 is 0 Å². The molecule has 0 saturated carbocycles. The van der Waals surface area contributed by atoms with Crippen molar-refractivity contribution >= 4 is 36.0 Å². The van der Waals surface area contributed by atoms with Crippen LogP contribution in [0.5, 0.6) is 0 Å². The molecule has 0 aromatic rings. The minimum absolute atomic E-state index is 0. The molecule has 0 aromatic heterocycles. The number of amides is 1. The zero-order chi connectivity index (χ0) is 15.6. The second-order valence-corrected chi connectivity index (χ2v) is 5.97. The van der Waals surface area contributed by atoms with Gasteiger partial charge in [-0.3, -0.25) is 4.99 Å². The minimum atomic E-state index is -0.467. The third kappa shape index (κ3) is 15.5. The molecule has 1 amide bonds. The first-order valence-corrected chi connectivity index (χ1v) is 7.23. The Morgan fingerprint density at radius 2 is 1.71 bits per heavy atom. The average molecular weight is 414 g/mol. The van der Waals surface area contributed by atoms with Gasteiger partial charge in [-0.1, -0.05) is 13.8 Å². The molecule has 0 unspecified atom stereocenters. The van der Waals surface area contributed by atoms with E-state index in [4.69, 9.17) is 4.74 Å². The number of guanidine groups is 1. The molecule has 0 rings (SSSR count). The fraction of sp³-hybridized carbons (Fsp3) is 0.857. The molecule has 0 aliphatic carbocycles. The standard InChI is InChI=1S/C14H30N4O2.HI/c1-7-15-12(18-10-11(2)3)16-8-9-17-13(19)20-14(4,5)6;/h11H,7-10H2,1-6H3,(H,17,19)(H2,15,16,18);1H. The number of halogens is 1. The summed E-state index contributed by atoms with van der Waals surface area (Å²) in [5.74, 6) is 1.29. The van der Waals surface area contributed by atoms with Gasteiger partial charge in [-0.05, 0) is 33.6 Å². The average Bonchev–Trinajstić information content (AvgIpc) is 2.28. The Labute approximate surface area is 145 Å². The summed E-state index contributed by atoms with van der Waals surface area (Å²) in [6.45, 7) is 14.5. The third-order valence-electron chi connectivity index (χ3n) is 2.04. The maximum Gasteiger partial charge on any atom is 0.407 e. The van der Waals surface area contributed by atoms with Crippen LogP contribution >= 0.6 is 24.0 Å². The van der Waals surface area contributed by atoms with Gasteiger partial charge in [-0.25, -0.2) is 4.79 Å². The van der Waals surface area contributed by atoms with Crippen molar-refractivity contribution in [2.45, 2.75) is 47.1 Å². The van der Waals surface area contributed by atoms with Crippen molar-refractivity contribution in [3.05, 3.63) is 0 Å². The highest BCUT2D eigenvalue weighted by atomic mass is 127. The SMILES string of the molecule is CCNC(=NCC(C)C)NCCNC(=O)OC(C)(C)C.I. The molecular weight excluding hydrogens is 383 g/mol. The highest BCUT2D eigenvalue weighted by Gasteiger charge is 2.15. The van der Waals surface area contributed by atoms with E-state index in [1.165, 1.54) is 0 Å². The van der Waals surface area contributed by atoms with Gasteiger partial charge in [-0.2, -0.15) is 0 Å².